The molecule has 6 nitrogen and oxygen atoms in total. The Balaban J connectivity index is 4.64. The fourth-order valence-corrected chi connectivity index (χ4v) is 2.99. The Hall–Kier alpha value is -0.310. The molecular weight excluding hydrogens is 300 g/mol. The number of aliphatic hydroxyl groups is 1. The number of amides is 1. The van der Waals surface area contributed by atoms with Crippen LogP contribution in [0.3, 0.4) is 0 Å². The number of rotatable bonds is 10. The first kappa shape index (κ1) is 19.7. The Labute approximate surface area is 126 Å². The third-order valence-corrected chi connectivity index (χ3v) is 4.76. The van der Waals surface area contributed by atoms with Crippen LogP contribution in [0.5, 0.6) is 0 Å². The van der Waals surface area contributed by atoms with Crippen molar-refractivity contribution < 1.29 is 18.3 Å². The summed E-state index contributed by atoms with van der Waals surface area (Å²) in [5, 5.41) is 12.0. The lowest BCUT2D eigenvalue weighted by Crippen LogP contribution is -2.50. The van der Waals surface area contributed by atoms with Crippen molar-refractivity contribution in [1.82, 2.24) is 10.0 Å². The molecule has 0 heterocycles. The molecule has 0 aliphatic rings. The van der Waals surface area contributed by atoms with Crippen LogP contribution >= 0.6 is 11.8 Å². The lowest BCUT2D eigenvalue weighted by molar-refractivity contribution is -0.123. The summed E-state index contributed by atoms with van der Waals surface area (Å²) in [6, 6.07) is -0.964. The van der Waals surface area contributed by atoms with E-state index in [1.165, 1.54) is 6.92 Å². The first-order valence-electron chi connectivity index (χ1n) is 6.69. The largest absolute Gasteiger partial charge is 0.393 e. The third-order valence-electron chi connectivity index (χ3n) is 2.71. The summed E-state index contributed by atoms with van der Waals surface area (Å²) in [6.45, 7) is 4.96. The topological polar surface area (TPSA) is 95.5 Å². The molecule has 0 saturated carbocycles. The maximum atomic E-state index is 12.1. The summed E-state index contributed by atoms with van der Waals surface area (Å²) < 4.78 is 25.6. The molecule has 120 valence electrons. The molecule has 0 spiro atoms. The van der Waals surface area contributed by atoms with Crippen LogP contribution in [0, 0.1) is 0 Å². The van der Waals surface area contributed by atoms with Gasteiger partial charge in [0.25, 0.3) is 0 Å². The van der Waals surface area contributed by atoms with Gasteiger partial charge in [-0.15, -0.1) is 0 Å². The molecule has 3 N–H and O–H groups in total. The standard InChI is InChI=1S/C12H26N2O4S2/c1-5-20(17,18)14-11(6-7-19-4)12(16)13-9(2)8-10(3)15/h9-11,14-15H,5-8H2,1-4H3,(H,13,16). The second-order valence-corrected chi connectivity index (χ2v) is 7.88. The molecule has 1 amide bonds. The molecule has 20 heavy (non-hydrogen) atoms. The van der Waals surface area contributed by atoms with Gasteiger partial charge < -0.3 is 10.4 Å². The third kappa shape index (κ3) is 8.78. The van der Waals surface area contributed by atoms with Crippen molar-refractivity contribution in [1.29, 1.82) is 0 Å². The van der Waals surface area contributed by atoms with E-state index in [0.717, 1.165) is 0 Å². The van der Waals surface area contributed by atoms with Crippen LogP contribution in [0.25, 0.3) is 0 Å². The number of carbonyl (C=O) groups excluding carboxylic acids is 1. The maximum Gasteiger partial charge on any atom is 0.238 e. The molecule has 3 unspecified atom stereocenters. The average Bonchev–Trinajstić information content (AvgIpc) is 2.33. The van der Waals surface area contributed by atoms with Crippen molar-refractivity contribution >= 4 is 27.7 Å². The highest BCUT2D eigenvalue weighted by Crippen LogP contribution is 2.05. The van der Waals surface area contributed by atoms with Crippen LogP contribution in [0.2, 0.25) is 0 Å². The van der Waals surface area contributed by atoms with Crippen molar-refractivity contribution in [3.63, 3.8) is 0 Å². The molecule has 0 bridgehead atoms. The molecule has 3 atom stereocenters. The van der Waals surface area contributed by atoms with E-state index in [2.05, 4.69) is 10.0 Å². The second-order valence-electron chi connectivity index (χ2n) is 4.85. The van der Waals surface area contributed by atoms with Crippen molar-refractivity contribution in [2.24, 2.45) is 0 Å². The lowest BCUT2D eigenvalue weighted by Gasteiger charge is -2.21. The van der Waals surface area contributed by atoms with Crippen LogP contribution in [0.1, 0.15) is 33.6 Å². The molecule has 0 rings (SSSR count). The Morgan fingerprint density at radius 3 is 2.40 bits per heavy atom. The van der Waals surface area contributed by atoms with Gasteiger partial charge in [-0.3, -0.25) is 4.79 Å². The molecule has 0 saturated heterocycles. The van der Waals surface area contributed by atoms with Gasteiger partial charge in [0, 0.05) is 6.04 Å². The first-order chi connectivity index (χ1) is 9.21. The Morgan fingerprint density at radius 1 is 1.35 bits per heavy atom. The lowest BCUT2D eigenvalue weighted by atomic mass is 10.1. The van der Waals surface area contributed by atoms with E-state index < -0.39 is 22.2 Å². The minimum Gasteiger partial charge on any atom is -0.393 e. The molecule has 0 aliphatic heterocycles. The van der Waals surface area contributed by atoms with Crippen LogP contribution < -0.4 is 10.0 Å². The molecule has 8 heteroatoms. The van der Waals surface area contributed by atoms with Crippen molar-refractivity contribution in [3.05, 3.63) is 0 Å². The van der Waals surface area contributed by atoms with Crippen LogP contribution in [-0.4, -0.2) is 55.4 Å². The van der Waals surface area contributed by atoms with Gasteiger partial charge in [-0.25, -0.2) is 13.1 Å². The number of hydrogen-bond acceptors (Lipinski definition) is 5. The summed E-state index contributed by atoms with van der Waals surface area (Å²) in [4.78, 5) is 12.1. The predicted molar refractivity (Wildman–Crippen MR) is 83.3 cm³/mol. The highest BCUT2D eigenvalue weighted by atomic mass is 32.2. The van der Waals surface area contributed by atoms with Crippen LogP contribution in [-0.2, 0) is 14.8 Å². The maximum absolute atomic E-state index is 12.1. The van der Waals surface area contributed by atoms with Gasteiger partial charge in [-0.1, -0.05) is 0 Å². The number of carbonyl (C=O) groups is 1. The van der Waals surface area contributed by atoms with Crippen LogP contribution in [0.15, 0.2) is 0 Å². The number of aliphatic hydroxyl groups excluding tert-OH is 1. The molecule has 0 aromatic heterocycles. The number of hydrogen-bond donors (Lipinski definition) is 3. The Bertz CT molecular complexity index is 385. The van der Waals surface area contributed by atoms with Crippen molar-refractivity contribution in [2.75, 3.05) is 17.8 Å². The van der Waals surface area contributed by atoms with E-state index in [4.69, 9.17) is 0 Å². The first-order valence-corrected chi connectivity index (χ1v) is 9.73. The molecule has 0 aliphatic carbocycles. The van der Waals surface area contributed by atoms with Crippen LogP contribution in [0.4, 0.5) is 0 Å². The summed E-state index contributed by atoms with van der Waals surface area (Å²) in [7, 11) is -3.42. The molecular formula is C12H26N2O4S2. The highest BCUT2D eigenvalue weighted by molar-refractivity contribution is 7.98. The minimum absolute atomic E-state index is 0.0563. The van der Waals surface area contributed by atoms with E-state index in [1.54, 1.807) is 25.6 Å². The molecule has 0 aromatic rings. The van der Waals surface area contributed by atoms with E-state index in [9.17, 15) is 18.3 Å². The SMILES string of the molecule is CCS(=O)(=O)NC(CCSC)C(=O)NC(C)CC(C)O. The van der Waals surface area contributed by atoms with E-state index in [1.807, 2.05) is 6.26 Å². The average molecular weight is 326 g/mol. The van der Waals surface area contributed by atoms with Gasteiger partial charge >= 0.3 is 0 Å². The minimum atomic E-state index is -3.42. The second kappa shape index (κ2) is 9.59. The van der Waals surface area contributed by atoms with E-state index in [0.29, 0.717) is 18.6 Å². The number of sulfonamides is 1. The van der Waals surface area contributed by atoms with E-state index in [-0.39, 0.29) is 17.7 Å². The quantitative estimate of drug-likeness (QED) is 0.537. The van der Waals surface area contributed by atoms with Gasteiger partial charge in [0.05, 0.1) is 11.9 Å². The molecule has 0 radical (unpaired) electrons. The molecule has 0 fully saturated rings. The van der Waals surface area contributed by atoms with Gasteiger partial charge in [0.1, 0.15) is 6.04 Å². The fourth-order valence-electron chi connectivity index (χ4n) is 1.69. The molecule has 0 aromatic carbocycles. The smallest absolute Gasteiger partial charge is 0.238 e. The summed E-state index contributed by atoms with van der Waals surface area (Å²) in [6.07, 6.45) is 2.26. The number of nitrogens with one attached hydrogen (secondary N) is 2. The van der Waals surface area contributed by atoms with Gasteiger partial charge in [0.15, 0.2) is 0 Å². The predicted octanol–water partition coefficient (Wildman–Crippen LogP) is 0.323. The number of thioether (sulfide) groups is 1. The highest BCUT2D eigenvalue weighted by Gasteiger charge is 2.24. The summed E-state index contributed by atoms with van der Waals surface area (Å²) >= 11 is 1.56. The van der Waals surface area contributed by atoms with Gasteiger partial charge in [-0.2, -0.15) is 11.8 Å². The Morgan fingerprint density at radius 2 is 1.95 bits per heavy atom. The summed E-state index contributed by atoms with van der Waals surface area (Å²) in [5.74, 6) is 0.290. The van der Waals surface area contributed by atoms with Gasteiger partial charge in [0.2, 0.25) is 15.9 Å². The zero-order valence-corrected chi connectivity index (χ0v) is 14.2. The van der Waals surface area contributed by atoms with E-state index >= 15 is 0 Å². The van der Waals surface area contributed by atoms with Gasteiger partial charge in [-0.05, 0) is 45.6 Å². The zero-order chi connectivity index (χ0) is 15.8. The summed E-state index contributed by atoms with van der Waals surface area (Å²) in [5.41, 5.74) is 0. The fraction of sp³-hybridized carbons (Fsp3) is 0.917. The monoisotopic (exact) mass is 326 g/mol. The van der Waals surface area contributed by atoms with Crippen molar-refractivity contribution in [2.45, 2.75) is 51.8 Å². The zero-order valence-electron chi connectivity index (χ0n) is 12.5. The normalized spacial score (nSPS) is 16.4. The van der Waals surface area contributed by atoms with Crippen molar-refractivity contribution in [3.8, 4) is 0 Å². The Kier molecular flexibility index (Phi) is 9.45.